The lowest BCUT2D eigenvalue weighted by atomic mass is 9.95. The van der Waals surface area contributed by atoms with Gasteiger partial charge in [-0.15, -0.1) is 0 Å². The van der Waals surface area contributed by atoms with E-state index in [1.54, 1.807) is 0 Å². The first kappa shape index (κ1) is 11.4. The predicted octanol–water partition coefficient (Wildman–Crippen LogP) is 2.14. The van der Waals surface area contributed by atoms with E-state index in [9.17, 15) is 0 Å². The van der Waals surface area contributed by atoms with E-state index in [4.69, 9.17) is 5.73 Å². The van der Waals surface area contributed by atoms with Crippen LogP contribution in [0, 0.1) is 17.8 Å². The smallest absolute Gasteiger partial charge is 0.00792 e. The molecule has 0 saturated heterocycles. The second kappa shape index (κ2) is 5.31. The summed E-state index contributed by atoms with van der Waals surface area (Å²) in [6.07, 6.45) is 8.14. The van der Waals surface area contributed by atoms with Crippen LogP contribution in [0.1, 0.15) is 45.4 Å². The summed E-state index contributed by atoms with van der Waals surface area (Å²) in [5.41, 5.74) is 6.20. The average molecular weight is 210 g/mol. The van der Waals surface area contributed by atoms with Crippen LogP contribution in [0.3, 0.4) is 0 Å². The molecule has 3 N–H and O–H groups in total. The van der Waals surface area contributed by atoms with Crippen LogP contribution in [-0.4, -0.2) is 19.1 Å². The molecule has 0 aromatic carbocycles. The lowest BCUT2D eigenvalue weighted by Gasteiger charge is -2.21. The van der Waals surface area contributed by atoms with Crippen LogP contribution in [0.2, 0.25) is 0 Å². The third-order valence-corrected chi connectivity index (χ3v) is 4.31. The Morgan fingerprint density at radius 1 is 1.07 bits per heavy atom. The summed E-state index contributed by atoms with van der Waals surface area (Å²) < 4.78 is 0. The maximum absolute atomic E-state index is 6.20. The zero-order chi connectivity index (χ0) is 10.7. The molecule has 0 radical (unpaired) electrons. The van der Waals surface area contributed by atoms with Crippen molar-refractivity contribution in [2.75, 3.05) is 13.1 Å². The molecule has 0 amide bonds. The third kappa shape index (κ3) is 3.46. The minimum absolute atomic E-state index is 0.455. The van der Waals surface area contributed by atoms with Gasteiger partial charge in [-0.05, 0) is 50.1 Å². The molecule has 88 valence electrons. The number of nitrogens with two attached hydrogens (primary N) is 1. The molecular weight excluding hydrogens is 184 g/mol. The highest BCUT2D eigenvalue weighted by molar-refractivity contribution is 4.85. The van der Waals surface area contributed by atoms with E-state index < -0.39 is 0 Å². The van der Waals surface area contributed by atoms with Gasteiger partial charge in [-0.25, -0.2) is 0 Å². The topological polar surface area (TPSA) is 38.0 Å². The minimum Gasteiger partial charge on any atom is -0.327 e. The number of hydrogen-bond acceptors (Lipinski definition) is 2. The van der Waals surface area contributed by atoms with Crippen molar-refractivity contribution < 1.29 is 0 Å². The van der Waals surface area contributed by atoms with E-state index in [1.807, 2.05) is 0 Å². The molecule has 2 saturated carbocycles. The van der Waals surface area contributed by atoms with Crippen LogP contribution in [0.5, 0.6) is 0 Å². The Morgan fingerprint density at radius 3 is 2.47 bits per heavy atom. The van der Waals surface area contributed by atoms with Gasteiger partial charge in [0, 0.05) is 6.04 Å². The summed E-state index contributed by atoms with van der Waals surface area (Å²) >= 11 is 0. The van der Waals surface area contributed by atoms with Crippen molar-refractivity contribution in [1.29, 1.82) is 0 Å². The Morgan fingerprint density at radius 2 is 1.73 bits per heavy atom. The monoisotopic (exact) mass is 210 g/mol. The van der Waals surface area contributed by atoms with Crippen LogP contribution in [-0.2, 0) is 0 Å². The molecule has 4 unspecified atom stereocenters. The largest absolute Gasteiger partial charge is 0.327 e. The van der Waals surface area contributed by atoms with Gasteiger partial charge in [0.15, 0.2) is 0 Å². The number of hydrogen-bond donors (Lipinski definition) is 2. The third-order valence-electron chi connectivity index (χ3n) is 4.31. The van der Waals surface area contributed by atoms with Crippen LogP contribution in [0.25, 0.3) is 0 Å². The molecule has 0 bridgehead atoms. The van der Waals surface area contributed by atoms with Crippen molar-refractivity contribution in [2.24, 2.45) is 23.5 Å². The van der Waals surface area contributed by atoms with Crippen LogP contribution in [0.4, 0.5) is 0 Å². The van der Waals surface area contributed by atoms with Gasteiger partial charge < -0.3 is 11.1 Å². The van der Waals surface area contributed by atoms with Gasteiger partial charge in [0.05, 0.1) is 0 Å². The second-order valence-electron chi connectivity index (χ2n) is 5.69. The van der Waals surface area contributed by atoms with E-state index in [1.165, 1.54) is 45.1 Å². The molecule has 2 fully saturated rings. The summed E-state index contributed by atoms with van der Waals surface area (Å²) in [5.74, 6) is 2.67. The molecule has 2 rings (SSSR count). The van der Waals surface area contributed by atoms with Crippen molar-refractivity contribution >= 4 is 0 Å². The molecule has 0 heterocycles. The van der Waals surface area contributed by atoms with Crippen molar-refractivity contribution in [1.82, 2.24) is 5.32 Å². The maximum Gasteiger partial charge on any atom is 0.00792 e. The number of nitrogens with one attached hydrogen (secondary N) is 1. The molecule has 2 aliphatic carbocycles. The molecule has 4 atom stereocenters. The molecule has 15 heavy (non-hydrogen) atoms. The fourth-order valence-corrected chi connectivity index (χ4v) is 2.80. The fourth-order valence-electron chi connectivity index (χ4n) is 2.80. The van der Waals surface area contributed by atoms with Gasteiger partial charge >= 0.3 is 0 Å². The summed E-state index contributed by atoms with van der Waals surface area (Å²) in [7, 11) is 0. The van der Waals surface area contributed by atoms with Crippen molar-refractivity contribution in [3.63, 3.8) is 0 Å². The highest BCUT2D eigenvalue weighted by Crippen LogP contribution is 2.36. The van der Waals surface area contributed by atoms with Crippen LogP contribution >= 0.6 is 0 Å². The van der Waals surface area contributed by atoms with E-state index in [0.717, 1.165) is 24.3 Å². The van der Waals surface area contributed by atoms with Gasteiger partial charge in [-0.1, -0.05) is 26.2 Å². The lowest BCUT2D eigenvalue weighted by molar-refractivity contribution is 0.371. The van der Waals surface area contributed by atoms with Crippen molar-refractivity contribution in [2.45, 2.75) is 51.5 Å². The first-order chi connectivity index (χ1) is 7.27. The zero-order valence-corrected chi connectivity index (χ0v) is 10.0. The fraction of sp³-hybridized carbons (Fsp3) is 1.00. The Balaban J connectivity index is 1.63. The SMILES string of the molecule is CC1CC1CNCC1CCCCCC1N. The van der Waals surface area contributed by atoms with Crippen LogP contribution in [0.15, 0.2) is 0 Å². The Labute approximate surface area is 94.0 Å². The molecule has 0 aliphatic heterocycles. The van der Waals surface area contributed by atoms with E-state index in [-0.39, 0.29) is 0 Å². The number of rotatable bonds is 4. The molecule has 0 aromatic heterocycles. The summed E-state index contributed by atoms with van der Waals surface area (Å²) in [5, 5.41) is 3.63. The maximum atomic E-state index is 6.20. The minimum atomic E-state index is 0.455. The molecule has 2 heteroatoms. The Kier molecular flexibility index (Phi) is 4.04. The highest BCUT2D eigenvalue weighted by atomic mass is 14.9. The summed E-state index contributed by atoms with van der Waals surface area (Å²) in [6, 6.07) is 0.455. The lowest BCUT2D eigenvalue weighted by Crippen LogP contribution is -2.37. The standard InChI is InChI=1S/C13H26N2/c1-10-7-12(10)9-15-8-11-5-3-2-4-6-13(11)14/h10-13,15H,2-9,14H2,1H3. The Hall–Kier alpha value is -0.0800. The van der Waals surface area contributed by atoms with Gasteiger partial charge in [0.2, 0.25) is 0 Å². The molecule has 0 aromatic rings. The predicted molar refractivity (Wildman–Crippen MR) is 64.7 cm³/mol. The first-order valence-corrected chi connectivity index (χ1v) is 6.73. The zero-order valence-electron chi connectivity index (χ0n) is 10.0. The van der Waals surface area contributed by atoms with E-state index >= 15 is 0 Å². The van der Waals surface area contributed by atoms with Gasteiger partial charge in [-0.2, -0.15) is 0 Å². The van der Waals surface area contributed by atoms with Crippen molar-refractivity contribution in [3.8, 4) is 0 Å². The van der Waals surface area contributed by atoms with Gasteiger partial charge in [0.25, 0.3) is 0 Å². The van der Waals surface area contributed by atoms with E-state index in [0.29, 0.717) is 6.04 Å². The molecular formula is C13H26N2. The molecule has 2 nitrogen and oxygen atoms in total. The summed E-state index contributed by atoms with van der Waals surface area (Å²) in [4.78, 5) is 0. The quantitative estimate of drug-likeness (QED) is 0.698. The van der Waals surface area contributed by atoms with Crippen molar-refractivity contribution in [3.05, 3.63) is 0 Å². The molecule has 2 aliphatic rings. The normalized spacial score (nSPS) is 41.2. The highest BCUT2D eigenvalue weighted by Gasteiger charge is 2.32. The second-order valence-corrected chi connectivity index (χ2v) is 5.69. The van der Waals surface area contributed by atoms with Crippen LogP contribution < -0.4 is 11.1 Å². The average Bonchev–Trinajstić information content (AvgIpc) is 2.94. The van der Waals surface area contributed by atoms with E-state index in [2.05, 4.69) is 12.2 Å². The van der Waals surface area contributed by atoms with Gasteiger partial charge in [-0.3, -0.25) is 0 Å². The van der Waals surface area contributed by atoms with Gasteiger partial charge in [0.1, 0.15) is 0 Å². The molecule has 0 spiro atoms. The summed E-state index contributed by atoms with van der Waals surface area (Å²) in [6.45, 7) is 4.73. The Bertz CT molecular complexity index is 193. The first-order valence-electron chi connectivity index (χ1n) is 6.73.